The lowest BCUT2D eigenvalue weighted by molar-refractivity contribution is -0.141. The van der Waals surface area contributed by atoms with Gasteiger partial charge in [0.2, 0.25) is 5.91 Å². The van der Waals surface area contributed by atoms with Crippen LogP contribution in [0, 0.1) is 11.6 Å². The lowest BCUT2D eigenvalue weighted by Crippen LogP contribution is -2.58. The Labute approximate surface area is 188 Å². The van der Waals surface area contributed by atoms with E-state index in [1.807, 2.05) is 0 Å². The molecule has 0 saturated carbocycles. The van der Waals surface area contributed by atoms with E-state index in [-0.39, 0.29) is 24.2 Å². The van der Waals surface area contributed by atoms with E-state index in [0.29, 0.717) is 0 Å². The molecule has 1 fully saturated rings. The first kappa shape index (κ1) is 24.0. The van der Waals surface area contributed by atoms with Crippen molar-refractivity contribution in [1.29, 1.82) is 0 Å². The molecule has 2 aromatic rings. The summed E-state index contributed by atoms with van der Waals surface area (Å²) in [7, 11) is 0. The van der Waals surface area contributed by atoms with Gasteiger partial charge in [-0.1, -0.05) is 29.3 Å². The predicted octanol–water partition coefficient (Wildman–Crippen LogP) is 4.30. The molecule has 1 aliphatic rings. The monoisotopic (exact) mass is 496 g/mol. The van der Waals surface area contributed by atoms with Gasteiger partial charge in [-0.15, -0.1) is 0 Å². The summed E-state index contributed by atoms with van der Waals surface area (Å²) in [5, 5.41) is 3.37. The van der Waals surface area contributed by atoms with Crippen LogP contribution >= 0.6 is 23.2 Å². The summed E-state index contributed by atoms with van der Waals surface area (Å²) in [6.07, 6.45) is -4.07. The number of halogens is 7. The molecule has 1 aromatic carbocycles. The molecule has 2 N–H and O–H groups in total. The van der Waals surface area contributed by atoms with Crippen molar-refractivity contribution >= 4 is 35.1 Å². The fraction of sp³-hybridized carbons (Fsp3) is 0.316. The number of amides is 3. The van der Waals surface area contributed by atoms with Gasteiger partial charge in [0.1, 0.15) is 22.7 Å². The maximum atomic E-state index is 14.8. The Morgan fingerprint density at radius 2 is 2.00 bits per heavy atom. The van der Waals surface area contributed by atoms with Crippen LogP contribution in [-0.2, 0) is 11.0 Å². The van der Waals surface area contributed by atoms with Crippen LogP contribution < -0.4 is 10.6 Å². The third-order valence-electron chi connectivity index (χ3n) is 4.87. The lowest BCUT2D eigenvalue weighted by atomic mass is 9.99. The number of alkyl halides is 3. The Hall–Kier alpha value is -2.66. The molecule has 2 atom stereocenters. The second-order valence-electron chi connectivity index (χ2n) is 6.90. The van der Waals surface area contributed by atoms with Crippen molar-refractivity contribution in [2.75, 3.05) is 13.1 Å². The Bertz CT molecular complexity index is 1070. The molecule has 172 valence electrons. The normalized spacial score (nSPS) is 17.7. The van der Waals surface area contributed by atoms with Crippen LogP contribution in [0.15, 0.2) is 24.4 Å². The van der Waals surface area contributed by atoms with Crippen molar-refractivity contribution in [3.8, 4) is 0 Å². The van der Waals surface area contributed by atoms with E-state index in [9.17, 15) is 31.5 Å². The van der Waals surface area contributed by atoms with E-state index in [0.717, 1.165) is 29.3 Å². The van der Waals surface area contributed by atoms with Crippen LogP contribution in [0.1, 0.15) is 29.8 Å². The Balaban J connectivity index is 2.05. The zero-order chi connectivity index (χ0) is 23.8. The van der Waals surface area contributed by atoms with Crippen LogP contribution in [0.25, 0.3) is 0 Å². The number of benzene rings is 1. The number of nitrogens with one attached hydrogen (secondary N) is 2. The van der Waals surface area contributed by atoms with Gasteiger partial charge in [-0.3, -0.25) is 4.79 Å². The minimum absolute atomic E-state index is 0.118. The Morgan fingerprint density at radius 1 is 1.31 bits per heavy atom. The molecule has 0 radical (unpaired) electrons. The van der Waals surface area contributed by atoms with Gasteiger partial charge in [0, 0.05) is 24.8 Å². The fourth-order valence-electron chi connectivity index (χ4n) is 3.19. The second-order valence-corrected chi connectivity index (χ2v) is 7.69. The van der Waals surface area contributed by atoms with E-state index in [1.54, 1.807) is 0 Å². The van der Waals surface area contributed by atoms with Gasteiger partial charge in [0.25, 0.3) is 0 Å². The van der Waals surface area contributed by atoms with E-state index in [4.69, 9.17) is 23.2 Å². The van der Waals surface area contributed by atoms with Crippen molar-refractivity contribution in [2.45, 2.75) is 25.2 Å². The molecule has 2 heterocycles. The number of hydrogen-bond acceptors (Lipinski definition) is 3. The van der Waals surface area contributed by atoms with Crippen LogP contribution in [0.5, 0.6) is 0 Å². The van der Waals surface area contributed by atoms with Crippen molar-refractivity contribution in [2.24, 2.45) is 0 Å². The number of pyridine rings is 1. The SMILES string of the molecule is C[C@@H]1C(=O)NCCN1C(=O)NC(c1cnc(C(F)(F)F)c(Cl)c1)c1ccc(F)c(Cl)c1F. The minimum atomic E-state index is -4.84. The highest BCUT2D eigenvalue weighted by Gasteiger charge is 2.37. The highest BCUT2D eigenvalue weighted by molar-refractivity contribution is 6.31. The van der Waals surface area contributed by atoms with Gasteiger partial charge in [-0.05, 0) is 24.6 Å². The molecule has 32 heavy (non-hydrogen) atoms. The molecule has 0 spiro atoms. The van der Waals surface area contributed by atoms with E-state index < -0.39 is 57.6 Å². The molecule has 13 heteroatoms. The first-order valence-electron chi connectivity index (χ1n) is 9.12. The predicted molar refractivity (Wildman–Crippen MR) is 105 cm³/mol. The topological polar surface area (TPSA) is 74.3 Å². The lowest BCUT2D eigenvalue weighted by Gasteiger charge is -2.34. The van der Waals surface area contributed by atoms with Crippen LogP contribution in [0.4, 0.5) is 26.7 Å². The maximum Gasteiger partial charge on any atom is 0.434 e. The Morgan fingerprint density at radius 3 is 2.62 bits per heavy atom. The van der Waals surface area contributed by atoms with E-state index in [1.165, 1.54) is 6.92 Å². The van der Waals surface area contributed by atoms with Gasteiger partial charge >= 0.3 is 12.2 Å². The quantitative estimate of drug-likeness (QED) is 0.491. The number of aromatic nitrogens is 1. The molecule has 0 bridgehead atoms. The largest absolute Gasteiger partial charge is 0.434 e. The standard InChI is InChI=1S/C19H15Cl2F5N4O2/c1-8-17(31)27-4-5-30(8)18(32)29-15(10-2-3-12(22)13(21)14(10)23)9-6-11(20)16(28-7-9)19(24,25)26/h2-3,6-8,15H,4-5H2,1H3,(H,27,31)(H,29,32)/t8-,15?/m1/s1. The number of rotatable bonds is 3. The average molecular weight is 497 g/mol. The Kier molecular flexibility index (Phi) is 6.80. The highest BCUT2D eigenvalue weighted by atomic mass is 35.5. The van der Waals surface area contributed by atoms with Gasteiger partial charge in [-0.25, -0.2) is 18.6 Å². The number of nitrogens with zero attached hydrogens (tertiary/aromatic N) is 2. The number of urea groups is 1. The zero-order valence-corrected chi connectivity index (χ0v) is 17.7. The summed E-state index contributed by atoms with van der Waals surface area (Å²) in [6, 6.07) is -0.417. The van der Waals surface area contributed by atoms with E-state index in [2.05, 4.69) is 15.6 Å². The van der Waals surface area contributed by atoms with Gasteiger partial charge in [0.05, 0.1) is 11.1 Å². The van der Waals surface area contributed by atoms with Crippen LogP contribution in [-0.4, -0.2) is 41.0 Å². The number of hydrogen-bond donors (Lipinski definition) is 2. The van der Waals surface area contributed by atoms with Crippen LogP contribution in [0.3, 0.4) is 0 Å². The molecular weight excluding hydrogens is 482 g/mol. The van der Waals surface area contributed by atoms with E-state index >= 15 is 0 Å². The first-order chi connectivity index (χ1) is 14.9. The third-order valence-corrected chi connectivity index (χ3v) is 5.50. The van der Waals surface area contributed by atoms with Crippen molar-refractivity contribution < 1.29 is 31.5 Å². The number of carbonyl (C=O) groups excluding carboxylic acids is 2. The van der Waals surface area contributed by atoms with Crippen molar-refractivity contribution in [3.05, 3.63) is 62.9 Å². The zero-order valence-electron chi connectivity index (χ0n) is 16.2. The van der Waals surface area contributed by atoms with Gasteiger partial charge < -0.3 is 15.5 Å². The first-order valence-corrected chi connectivity index (χ1v) is 9.88. The smallest absolute Gasteiger partial charge is 0.353 e. The minimum Gasteiger partial charge on any atom is -0.353 e. The maximum absolute atomic E-state index is 14.8. The van der Waals surface area contributed by atoms with Crippen molar-refractivity contribution in [3.63, 3.8) is 0 Å². The molecule has 1 unspecified atom stereocenters. The molecule has 1 aromatic heterocycles. The molecule has 3 rings (SSSR count). The van der Waals surface area contributed by atoms with Gasteiger partial charge in [0.15, 0.2) is 5.69 Å². The van der Waals surface area contributed by atoms with Crippen molar-refractivity contribution in [1.82, 2.24) is 20.5 Å². The summed E-state index contributed by atoms with van der Waals surface area (Å²) in [6.45, 7) is 1.77. The van der Waals surface area contributed by atoms with Gasteiger partial charge in [-0.2, -0.15) is 13.2 Å². The average Bonchev–Trinajstić information content (AvgIpc) is 2.71. The number of carbonyl (C=O) groups is 2. The molecule has 6 nitrogen and oxygen atoms in total. The van der Waals surface area contributed by atoms with Crippen LogP contribution in [0.2, 0.25) is 10.0 Å². The summed E-state index contributed by atoms with van der Waals surface area (Å²) < 4.78 is 67.5. The summed E-state index contributed by atoms with van der Waals surface area (Å²) in [4.78, 5) is 29.2. The molecule has 1 aliphatic heterocycles. The second kappa shape index (κ2) is 9.07. The summed E-state index contributed by atoms with van der Waals surface area (Å²) in [5.41, 5.74) is -1.82. The molecule has 0 aliphatic carbocycles. The summed E-state index contributed by atoms with van der Waals surface area (Å²) >= 11 is 11.4. The summed E-state index contributed by atoms with van der Waals surface area (Å²) in [5.74, 6) is -2.71. The highest BCUT2D eigenvalue weighted by Crippen LogP contribution is 2.36. The number of piperazine rings is 1. The third kappa shape index (κ3) is 4.73. The molecule has 1 saturated heterocycles. The molecular formula is C19H15Cl2F5N4O2. The fourth-order valence-corrected chi connectivity index (χ4v) is 3.64. The molecule has 3 amide bonds.